The third-order valence-corrected chi connectivity index (χ3v) is 4.43. The molecule has 0 aliphatic carbocycles. The van der Waals surface area contributed by atoms with E-state index in [1.165, 1.54) is 6.26 Å². The Morgan fingerprint density at radius 1 is 1.12 bits per heavy atom. The van der Waals surface area contributed by atoms with E-state index in [-0.39, 0.29) is 17.7 Å². The van der Waals surface area contributed by atoms with Crippen molar-refractivity contribution in [1.29, 1.82) is 0 Å². The monoisotopic (exact) mass is 323 g/mol. The van der Waals surface area contributed by atoms with E-state index in [2.05, 4.69) is 22.3 Å². The Bertz CT molecular complexity index is 826. The molecule has 0 bridgehead atoms. The number of likely N-dealkylation sites (tertiary alicyclic amines) is 1. The Morgan fingerprint density at radius 2 is 1.92 bits per heavy atom. The van der Waals surface area contributed by atoms with Gasteiger partial charge in [-0.3, -0.25) is 4.79 Å². The number of hydrogen-bond acceptors (Lipinski definition) is 5. The van der Waals surface area contributed by atoms with Crippen LogP contribution in [0.4, 0.5) is 0 Å². The average Bonchev–Trinajstić information content (AvgIpc) is 3.35. The van der Waals surface area contributed by atoms with Crippen LogP contribution in [0.1, 0.15) is 39.7 Å². The Balaban J connectivity index is 1.66. The lowest BCUT2D eigenvalue weighted by Crippen LogP contribution is -2.28. The van der Waals surface area contributed by atoms with Gasteiger partial charge in [0, 0.05) is 19.0 Å². The number of rotatable bonds is 3. The van der Waals surface area contributed by atoms with E-state index in [9.17, 15) is 4.79 Å². The maximum absolute atomic E-state index is 12.6. The number of amides is 1. The summed E-state index contributed by atoms with van der Waals surface area (Å²) in [5, 5.41) is 3.90. The second-order valence-corrected chi connectivity index (χ2v) is 5.99. The van der Waals surface area contributed by atoms with E-state index in [1.807, 2.05) is 18.2 Å². The second-order valence-electron chi connectivity index (χ2n) is 5.99. The number of benzene rings is 1. The number of carbonyl (C=O) groups excluding carboxylic acids is 1. The number of hydrogen-bond donors (Lipinski definition) is 0. The smallest absolute Gasteiger partial charge is 0.289 e. The standard InChI is InChI=1S/C18H17N3O3/c1-12-19-17(24-20-12)15-11-21(18(22)16-8-5-9-23-16)10-14(15)13-6-3-2-4-7-13/h2-9,14-15H,10-11H2,1H3/t14-,15-/m0/s1. The van der Waals surface area contributed by atoms with Gasteiger partial charge in [0.15, 0.2) is 11.6 Å². The van der Waals surface area contributed by atoms with Gasteiger partial charge in [-0.25, -0.2) is 0 Å². The molecule has 3 aromatic rings. The van der Waals surface area contributed by atoms with Gasteiger partial charge in [0.25, 0.3) is 5.91 Å². The van der Waals surface area contributed by atoms with E-state index in [0.29, 0.717) is 30.6 Å². The molecule has 24 heavy (non-hydrogen) atoms. The molecule has 1 amide bonds. The van der Waals surface area contributed by atoms with Crippen LogP contribution in [0.25, 0.3) is 0 Å². The molecule has 0 saturated carbocycles. The molecule has 1 saturated heterocycles. The first kappa shape index (κ1) is 14.7. The largest absolute Gasteiger partial charge is 0.459 e. The molecule has 1 aliphatic heterocycles. The molecule has 0 unspecified atom stereocenters. The molecule has 1 aliphatic rings. The lowest BCUT2D eigenvalue weighted by Gasteiger charge is -2.15. The summed E-state index contributed by atoms with van der Waals surface area (Å²) in [5.41, 5.74) is 1.16. The third kappa shape index (κ3) is 2.60. The molecule has 122 valence electrons. The summed E-state index contributed by atoms with van der Waals surface area (Å²) in [6, 6.07) is 13.5. The van der Waals surface area contributed by atoms with Crippen LogP contribution in [-0.2, 0) is 0 Å². The molecular formula is C18H17N3O3. The predicted molar refractivity (Wildman–Crippen MR) is 85.6 cm³/mol. The molecule has 0 spiro atoms. The first-order valence-electron chi connectivity index (χ1n) is 7.90. The average molecular weight is 323 g/mol. The van der Waals surface area contributed by atoms with E-state index >= 15 is 0 Å². The van der Waals surface area contributed by atoms with Crippen molar-refractivity contribution in [2.24, 2.45) is 0 Å². The molecule has 6 heteroatoms. The van der Waals surface area contributed by atoms with E-state index in [4.69, 9.17) is 8.94 Å². The quantitative estimate of drug-likeness (QED) is 0.741. The number of aromatic nitrogens is 2. The highest BCUT2D eigenvalue weighted by molar-refractivity contribution is 5.91. The van der Waals surface area contributed by atoms with Gasteiger partial charge in [-0.15, -0.1) is 0 Å². The van der Waals surface area contributed by atoms with Gasteiger partial charge in [0.1, 0.15) is 0 Å². The molecule has 3 heterocycles. The van der Waals surface area contributed by atoms with Crippen molar-refractivity contribution in [3.8, 4) is 0 Å². The van der Waals surface area contributed by atoms with Crippen molar-refractivity contribution in [2.45, 2.75) is 18.8 Å². The van der Waals surface area contributed by atoms with Crippen LogP contribution >= 0.6 is 0 Å². The van der Waals surface area contributed by atoms with Crippen LogP contribution in [0.15, 0.2) is 57.7 Å². The number of carbonyl (C=O) groups is 1. The van der Waals surface area contributed by atoms with Gasteiger partial charge in [0.2, 0.25) is 5.89 Å². The topological polar surface area (TPSA) is 72.4 Å². The van der Waals surface area contributed by atoms with Crippen LogP contribution in [0, 0.1) is 6.92 Å². The Morgan fingerprint density at radius 3 is 2.58 bits per heavy atom. The highest BCUT2D eigenvalue weighted by Gasteiger charge is 2.40. The van der Waals surface area contributed by atoms with E-state index in [1.54, 1.807) is 24.0 Å². The molecule has 1 fully saturated rings. The molecule has 1 aromatic carbocycles. The number of nitrogens with zero attached hydrogens (tertiary/aromatic N) is 3. The molecule has 0 N–H and O–H groups in total. The highest BCUT2D eigenvalue weighted by atomic mass is 16.5. The second kappa shape index (κ2) is 5.96. The first-order chi connectivity index (χ1) is 11.7. The minimum atomic E-state index is -0.111. The maximum Gasteiger partial charge on any atom is 0.289 e. The van der Waals surface area contributed by atoms with Gasteiger partial charge >= 0.3 is 0 Å². The zero-order valence-corrected chi connectivity index (χ0v) is 13.3. The summed E-state index contributed by atoms with van der Waals surface area (Å²) in [7, 11) is 0. The Kier molecular flexibility index (Phi) is 3.65. The molecule has 4 rings (SSSR count). The van der Waals surface area contributed by atoms with Crippen molar-refractivity contribution in [3.05, 3.63) is 71.8 Å². The summed E-state index contributed by atoms with van der Waals surface area (Å²) in [5.74, 6) is 1.52. The molecule has 0 radical (unpaired) electrons. The molecule has 6 nitrogen and oxygen atoms in total. The number of aryl methyl sites for hydroxylation is 1. The summed E-state index contributed by atoms with van der Waals surface area (Å²) in [6.07, 6.45) is 1.51. The maximum atomic E-state index is 12.6. The molecule has 2 aromatic heterocycles. The van der Waals surface area contributed by atoms with Crippen molar-refractivity contribution in [3.63, 3.8) is 0 Å². The summed E-state index contributed by atoms with van der Waals surface area (Å²) < 4.78 is 10.6. The molecular weight excluding hydrogens is 306 g/mol. The summed E-state index contributed by atoms with van der Waals surface area (Å²) >= 11 is 0. The zero-order chi connectivity index (χ0) is 16.5. The number of furan rings is 1. The highest BCUT2D eigenvalue weighted by Crippen LogP contribution is 2.39. The zero-order valence-electron chi connectivity index (χ0n) is 13.3. The summed E-state index contributed by atoms with van der Waals surface area (Å²) in [6.45, 7) is 2.92. The lowest BCUT2D eigenvalue weighted by atomic mass is 9.89. The normalized spacial score (nSPS) is 20.5. The SMILES string of the molecule is Cc1noc([C@H]2CN(C(=O)c3ccco3)C[C@H]2c2ccccc2)n1. The fraction of sp³-hybridized carbons (Fsp3) is 0.278. The minimum absolute atomic E-state index is 0.0208. The van der Waals surface area contributed by atoms with E-state index in [0.717, 1.165) is 5.56 Å². The fourth-order valence-electron chi connectivity index (χ4n) is 3.28. The fourth-order valence-corrected chi connectivity index (χ4v) is 3.28. The van der Waals surface area contributed by atoms with E-state index < -0.39 is 0 Å². The molecule has 2 atom stereocenters. The third-order valence-electron chi connectivity index (χ3n) is 4.43. The Hall–Kier alpha value is -2.89. The van der Waals surface area contributed by atoms with Gasteiger partial charge in [-0.05, 0) is 24.6 Å². The lowest BCUT2D eigenvalue weighted by molar-refractivity contribution is 0.0756. The van der Waals surface area contributed by atoms with Crippen molar-refractivity contribution in [1.82, 2.24) is 15.0 Å². The van der Waals surface area contributed by atoms with Gasteiger partial charge in [-0.1, -0.05) is 35.5 Å². The van der Waals surface area contributed by atoms with Crippen molar-refractivity contribution >= 4 is 5.91 Å². The Labute approximate surface area is 139 Å². The van der Waals surface area contributed by atoms with Gasteiger partial charge < -0.3 is 13.8 Å². The van der Waals surface area contributed by atoms with Crippen LogP contribution in [0.2, 0.25) is 0 Å². The minimum Gasteiger partial charge on any atom is -0.459 e. The first-order valence-corrected chi connectivity index (χ1v) is 7.90. The van der Waals surface area contributed by atoms with Crippen molar-refractivity contribution < 1.29 is 13.7 Å². The van der Waals surface area contributed by atoms with Crippen molar-refractivity contribution in [2.75, 3.05) is 13.1 Å². The van der Waals surface area contributed by atoms with Crippen LogP contribution in [-0.4, -0.2) is 34.0 Å². The van der Waals surface area contributed by atoms with Crippen LogP contribution in [0.5, 0.6) is 0 Å². The van der Waals surface area contributed by atoms with Gasteiger partial charge in [-0.2, -0.15) is 4.98 Å². The van der Waals surface area contributed by atoms with Crippen LogP contribution < -0.4 is 0 Å². The summed E-state index contributed by atoms with van der Waals surface area (Å²) in [4.78, 5) is 18.8. The van der Waals surface area contributed by atoms with Gasteiger partial charge in [0.05, 0.1) is 12.2 Å². The van der Waals surface area contributed by atoms with Crippen LogP contribution in [0.3, 0.4) is 0 Å². The predicted octanol–water partition coefficient (Wildman–Crippen LogP) is 2.99.